The molecular formula is C14H24N2O. The Morgan fingerprint density at radius 3 is 2.76 bits per heavy atom. The van der Waals surface area contributed by atoms with Gasteiger partial charge in [0.2, 0.25) is 0 Å². The summed E-state index contributed by atoms with van der Waals surface area (Å²) < 4.78 is 5.50. The van der Waals surface area contributed by atoms with Crippen molar-refractivity contribution in [2.45, 2.75) is 38.3 Å². The molecule has 0 aromatic carbocycles. The van der Waals surface area contributed by atoms with Gasteiger partial charge in [-0.2, -0.15) is 0 Å². The maximum atomic E-state index is 5.50. The molecule has 0 bridgehead atoms. The Hall–Kier alpha value is -0.800. The second kappa shape index (κ2) is 5.69. The largest absolute Gasteiger partial charge is 0.468 e. The predicted molar refractivity (Wildman–Crippen MR) is 69.9 cm³/mol. The second-order valence-corrected chi connectivity index (χ2v) is 5.48. The first-order valence-corrected chi connectivity index (χ1v) is 6.60. The molecule has 0 amide bonds. The van der Waals surface area contributed by atoms with Gasteiger partial charge in [0, 0.05) is 12.6 Å². The third-order valence-corrected chi connectivity index (χ3v) is 3.54. The van der Waals surface area contributed by atoms with Crippen LogP contribution in [0.15, 0.2) is 22.8 Å². The topological polar surface area (TPSA) is 28.4 Å². The molecule has 1 saturated carbocycles. The minimum absolute atomic E-state index is 0.326. The molecule has 1 fully saturated rings. The van der Waals surface area contributed by atoms with Crippen LogP contribution < -0.4 is 5.32 Å². The third-order valence-electron chi connectivity index (χ3n) is 3.54. The molecule has 2 atom stereocenters. The predicted octanol–water partition coefficient (Wildman–Crippen LogP) is 2.66. The lowest BCUT2D eigenvalue weighted by Gasteiger charge is -2.24. The minimum atomic E-state index is 0.326. The molecule has 1 aliphatic rings. The van der Waals surface area contributed by atoms with Crippen molar-refractivity contribution in [1.29, 1.82) is 0 Å². The molecule has 1 aromatic rings. The number of likely N-dealkylation sites (N-methyl/N-ethyl adjacent to an activating group) is 1. The summed E-state index contributed by atoms with van der Waals surface area (Å²) in [5.74, 6) is 2.03. The van der Waals surface area contributed by atoms with Gasteiger partial charge in [-0.1, -0.05) is 12.8 Å². The lowest BCUT2D eigenvalue weighted by atomic mass is 10.1. The highest BCUT2D eigenvalue weighted by atomic mass is 16.3. The van der Waals surface area contributed by atoms with Crippen LogP contribution >= 0.6 is 0 Å². The van der Waals surface area contributed by atoms with Crippen molar-refractivity contribution >= 4 is 0 Å². The Balaban J connectivity index is 1.81. The summed E-state index contributed by atoms with van der Waals surface area (Å²) in [6.45, 7) is 3.24. The highest BCUT2D eigenvalue weighted by molar-refractivity contribution is 5.05. The van der Waals surface area contributed by atoms with Crippen LogP contribution in [0.2, 0.25) is 0 Å². The molecule has 0 radical (unpaired) electrons. The molecule has 1 aromatic heterocycles. The van der Waals surface area contributed by atoms with Gasteiger partial charge in [0.25, 0.3) is 0 Å². The molecule has 17 heavy (non-hydrogen) atoms. The van der Waals surface area contributed by atoms with Crippen LogP contribution in [-0.4, -0.2) is 31.6 Å². The molecule has 0 saturated heterocycles. The molecule has 1 N–H and O–H groups in total. The van der Waals surface area contributed by atoms with Crippen molar-refractivity contribution in [3.8, 4) is 0 Å². The van der Waals surface area contributed by atoms with Gasteiger partial charge in [0.1, 0.15) is 5.76 Å². The number of hydrogen-bond acceptors (Lipinski definition) is 3. The Morgan fingerprint density at radius 2 is 2.24 bits per heavy atom. The Bertz CT molecular complexity index is 317. The lowest BCUT2D eigenvalue weighted by Crippen LogP contribution is -2.35. The number of nitrogens with zero attached hydrogens (tertiary/aromatic N) is 1. The van der Waals surface area contributed by atoms with Crippen molar-refractivity contribution in [1.82, 2.24) is 10.2 Å². The van der Waals surface area contributed by atoms with E-state index in [1.165, 1.54) is 19.3 Å². The van der Waals surface area contributed by atoms with E-state index >= 15 is 0 Å². The Morgan fingerprint density at radius 1 is 1.47 bits per heavy atom. The summed E-state index contributed by atoms with van der Waals surface area (Å²) >= 11 is 0. The molecular weight excluding hydrogens is 212 g/mol. The first-order chi connectivity index (χ1) is 8.16. The number of furan rings is 1. The highest BCUT2D eigenvalue weighted by Gasteiger charge is 2.24. The van der Waals surface area contributed by atoms with Crippen LogP contribution in [0.3, 0.4) is 0 Å². The zero-order chi connectivity index (χ0) is 12.3. The molecule has 0 spiro atoms. The van der Waals surface area contributed by atoms with E-state index in [0.29, 0.717) is 12.1 Å². The first-order valence-electron chi connectivity index (χ1n) is 6.60. The summed E-state index contributed by atoms with van der Waals surface area (Å²) in [5.41, 5.74) is 0. The van der Waals surface area contributed by atoms with Crippen LogP contribution in [0, 0.1) is 5.92 Å². The smallest absolute Gasteiger partial charge is 0.122 e. The maximum absolute atomic E-state index is 5.50. The van der Waals surface area contributed by atoms with Crippen LogP contribution in [0.1, 0.15) is 38.0 Å². The van der Waals surface area contributed by atoms with E-state index in [9.17, 15) is 0 Å². The summed E-state index contributed by atoms with van der Waals surface area (Å²) in [6.07, 6.45) is 5.93. The van der Waals surface area contributed by atoms with E-state index in [-0.39, 0.29) is 0 Å². The normalized spacial score (nSPS) is 19.5. The van der Waals surface area contributed by atoms with Crippen LogP contribution in [-0.2, 0) is 0 Å². The third kappa shape index (κ3) is 3.86. The fraction of sp³-hybridized carbons (Fsp3) is 0.714. The van der Waals surface area contributed by atoms with Gasteiger partial charge in [0.15, 0.2) is 0 Å². The van der Waals surface area contributed by atoms with Gasteiger partial charge in [-0.15, -0.1) is 0 Å². The fourth-order valence-electron chi connectivity index (χ4n) is 2.27. The molecule has 2 rings (SSSR count). The van der Waals surface area contributed by atoms with Crippen LogP contribution in [0.25, 0.3) is 0 Å². The molecule has 2 unspecified atom stereocenters. The Labute approximate surface area is 104 Å². The maximum Gasteiger partial charge on any atom is 0.122 e. The minimum Gasteiger partial charge on any atom is -0.468 e. The van der Waals surface area contributed by atoms with Crippen molar-refractivity contribution in [3.05, 3.63) is 24.2 Å². The SMILES string of the molecule is CC(CC1CC1)NCC(c1ccco1)N(C)C. The average Bonchev–Trinajstić information content (AvgIpc) is 2.92. The molecule has 1 aliphatic carbocycles. The molecule has 3 nitrogen and oxygen atoms in total. The van der Waals surface area contributed by atoms with E-state index < -0.39 is 0 Å². The summed E-state index contributed by atoms with van der Waals surface area (Å²) in [7, 11) is 4.20. The van der Waals surface area contributed by atoms with Gasteiger partial charge in [-0.05, 0) is 45.5 Å². The average molecular weight is 236 g/mol. The van der Waals surface area contributed by atoms with E-state index in [4.69, 9.17) is 4.42 Å². The standard InChI is InChI=1S/C14H24N2O/c1-11(9-12-6-7-12)15-10-13(16(2)3)14-5-4-8-17-14/h4-5,8,11-13,15H,6-7,9-10H2,1-3H3. The molecule has 0 aliphatic heterocycles. The van der Waals surface area contributed by atoms with E-state index in [1.54, 1.807) is 6.26 Å². The van der Waals surface area contributed by atoms with E-state index in [1.807, 2.05) is 6.07 Å². The summed E-state index contributed by atoms with van der Waals surface area (Å²) in [4.78, 5) is 2.20. The molecule has 3 heteroatoms. The van der Waals surface area contributed by atoms with Crippen molar-refractivity contribution < 1.29 is 4.42 Å². The zero-order valence-corrected chi connectivity index (χ0v) is 11.1. The highest BCUT2D eigenvalue weighted by Crippen LogP contribution is 2.33. The first kappa shape index (κ1) is 12.7. The molecule has 1 heterocycles. The zero-order valence-electron chi connectivity index (χ0n) is 11.1. The summed E-state index contributed by atoms with van der Waals surface area (Å²) in [6, 6.07) is 4.95. The summed E-state index contributed by atoms with van der Waals surface area (Å²) in [5, 5.41) is 3.62. The van der Waals surface area contributed by atoms with Gasteiger partial charge in [0.05, 0.1) is 12.3 Å². The van der Waals surface area contributed by atoms with Crippen LogP contribution in [0.5, 0.6) is 0 Å². The van der Waals surface area contributed by atoms with E-state index in [2.05, 4.69) is 37.3 Å². The number of hydrogen-bond donors (Lipinski definition) is 1. The fourth-order valence-corrected chi connectivity index (χ4v) is 2.27. The lowest BCUT2D eigenvalue weighted by molar-refractivity contribution is 0.243. The van der Waals surface area contributed by atoms with Gasteiger partial charge in [-0.25, -0.2) is 0 Å². The van der Waals surface area contributed by atoms with Crippen molar-refractivity contribution in [2.24, 2.45) is 5.92 Å². The van der Waals surface area contributed by atoms with Crippen molar-refractivity contribution in [3.63, 3.8) is 0 Å². The number of rotatable bonds is 7. The Kier molecular flexibility index (Phi) is 4.24. The molecule has 96 valence electrons. The van der Waals surface area contributed by atoms with Gasteiger partial charge >= 0.3 is 0 Å². The van der Waals surface area contributed by atoms with Gasteiger partial charge in [-0.3, -0.25) is 4.90 Å². The number of nitrogens with one attached hydrogen (secondary N) is 1. The van der Waals surface area contributed by atoms with E-state index in [0.717, 1.165) is 18.2 Å². The quantitative estimate of drug-likeness (QED) is 0.789. The van der Waals surface area contributed by atoms with Crippen LogP contribution in [0.4, 0.5) is 0 Å². The monoisotopic (exact) mass is 236 g/mol. The van der Waals surface area contributed by atoms with Gasteiger partial charge < -0.3 is 9.73 Å². The van der Waals surface area contributed by atoms with Crippen molar-refractivity contribution in [2.75, 3.05) is 20.6 Å². The second-order valence-electron chi connectivity index (χ2n) is 5.48.